The van der Waals surface area contributed by atoms with Crippen molar-refractivity contribution in [2.75, 3.05) is 0 Å². The van der Waals surface area contributed by atoms with E-state index in [0.717, 1.165) is 15.9 Å². The van der Waals surface area contributed by atoms with Gasteiger partial charge in [-0.3, -0.25) is 0 Å². The van der Waals surface area contributed by atoms with Gasteiger partial charge in [0.15, 0.2) is 5.84 Å². The second kappa shape index (κ2) is 7.19. The Balaban J connectivity index is 0.000000921. The minimum Gasteiger partial charge on any atom is -0.321 e. The van der Waals surface area contributed by atoms with Crippen LogP contribution < -0.4 is 17.1 Å². The van der Waals surface area contributed by atoms with Crippen LogP contribution in [0.25, 0.3) is 0 Å². The van der Waals surface area contributed by atoms with E-state index in [2.05, 4.69) is 31.4 Å². The van der Waals surface area contributed by atoms with E-state index in [4.69, 9.17) is 11.7 Å². The fraction of sp³-hybridized carbons (Fsp3) is 0.333. The van der Waals surface area contributed by atoms with Crippen molar-refractivity contribution in [1.29, 1.82) is 0 Å². The number of amidine groups is 1. The number of rotatable bonds is 1. The average Bonchev–Trinajstić information content (AvgIpc) is 2.25. The summed E-state index contributed by atoms with van der Waals surface area (Å²) in [5, 5.41) is 3.49. The van der Waals surface area contributed by atoms with Crippen molar-refractivity contribution in [3.63, 3.8) is 0 Å². The number of hydrazine groups is 1. The van der Waals surface area contributed by atoms with Crippen LogP contribution in [0.5, 0.6) is 0 Å². The van der Waals surface area contributed by atoms with E-state index in [9.17, 15) is 0 Å². The number of aryl methyl sites for hydroxylation is 1. The molecule has 0 aromatic carbocycles. The highest BCUT2D eigenvalue weighted by molar-refractivity contribution is 9.10. The summed E-state index contributed by atoms with van der Waals surface area (Å²) in [6.07, 6.45) is 0. The van der Waals surface area contributed by atoms with Crippen molar-refractivity contribution < 1.29 is 0 Å². The van der Waals surface area contributed by atoms with Crippen LogP contribution in [0.4, 0.5) is 0 Å². The molecule has 15 heavy (non-hydrogen) atoms. The highest BCUT2D eigenvalue weighted by atomic mass is 79.9. The van der Waals surface area contributed by atoms with Gasteiger partial charge in [0.1, 0.15) is 4.60 Å². The van der Waals surface area contributed by atoms with Crippen molar-refractivity contribution >= 4 is 21.8 Å². The summed E-state index contributed by atoms with van der Waals surface area (Å²) < 4.78 is 0.766. The Hall–Kier alpha value is -1.14. The highest BCUT2D eigenvalue weighted by Crippen LogP contribution is 2.11. The van der Waals surface area contributed by atoms with Crippen LogP contribution in [0.3, 0.4) is 0 Å². The Morgan fingerprint density at radius 2 is 2.07 bits per heavy atom. The van der Waals surface area contributed by atoms with Crippen molar-refractivity contribution in [2.24, 2.45) is 16.8 Å². The van der Waals surface area contributed by atoms with Gasteiger partial charge in [-0.2, -0.15) is 5.10 Å². The standard InChI is InChI=1S/C7H10BrN5.C2H6/c1-4-5(7(12-9)13-10)2-3-6(8)11-4;1-2/h2-3H,9-10H2,1H3,(H,12,13);1-2H3. The summed E-state index contributed by atoms with van der Waals surface area (Å²) in [4.78, 5) is 4.18. The van der Waals surface area contributed by atoms with Crippen LogP contribution in [0.15, 0.2) is 21.8 Å². The average molecular weight is 274 g/mol. The quantitative estimate of drug-likeness (QED) is 0.236. The van der Waals surface area contributed by atoms with E-state index in [0.29, 0.717) is 5.84 Å². The van der Waals surface area contributed by atoms with Gasteiger partial charge in [-0.05, 0) is 35.0 Å². The fourth-order valence-corrected chi connectivity index (χ4v) is 1.36. The first-order valence-corrected chi connectivity index (χ1v) is 5.36. The van der Waals surface area contributed by atoms with Crippen LogP contribution in [-0.4, -0.2) is 10.8 Å². The number of halogens is 1. The molecule has 0 amide bonds. The molecule has 5 nitrogen and oxygen atoms in total. The van der Waals surface area contributed by atoms with Crippen molar-refractivity contribution in [3.8, 4) is 0 Å². The first-order valence-electron chi connectivity index (χ1n) is 4.57. The third kappa shape index (κ3) is 3.85. The van der Waals surface area contributed by atoms with Crippen molar-refractivity contribution in [2.45, 2.75) is 20.8 Å². The molecule has 5 N–H and O–H groups in total. The Bertz CT molecular complexity index is 337. The molecule has 0 aliphatic carbocycles. The van der Waals surface area contributed by atoms with E-state index in [1.54, 1.807) is 6.07 Å². The Morgan fingerprint density at radius 1 is 1.47 bits per heavy atom. The van der Waals surface area contributed by atoms with Gasteiger partial charge < -0.3 is 11.3 Å². The summed E-state index contributed by atoms with van der Waals surface area (Å²) in [6.45, 7) is 5.85. The lowest BCUT2D eigenvalue weighted by Gasteiger charge is -2.06. The molecular formula is C9H16BrN5. The zero-order valence-corrected chi connectivity index (χ0v) is 10.7. The first kappa shape index (κ1) is 13.9. The molecule has 0 aliphatic heterocycles. The zero-order chi connectivity index (χ0) is 11.8. The van der Waals surface area contributed by atoms with Crippen LogP contribution in [0, 0.1) is 6.92 Å². The molecule has 84 valence electrons. The van der Waals surface area contributed by atoms with Gasteiger partial charge in [0.05, 0.1) is 0 Å². The maximum Gasteiger partial charge on any atom is 0.168 e. The second-order valence-electron chi connectivity index (χ2n) is 2.39. The van der Waals surface area contributed by atoms with Gasteiger partial charge >= 0.3 is 0 Å². The predicted molar refractivity (Wildman–Crippen MR) is 66.1 cm³/mol. The number of aromatic nitrogens is 1. The summed E-state index contributed by atoms with van der Waals surface area (Å²) in [5.41, 5.74) is 3.99. The third-order valence-corrected chi connectivity index (χ3v) is 2.01. The van der Waals surface area contributed by atoms with E-state index in [1.807, 2.05) is 26.8 Å². The lowest BCUT2D eigenvalue weighted by molar-refractivity contribution is 0.994. The topological polar surface area (TPSA) is 89.3 Å². The lowest BCUT2D eigenvalue weighted by atomic mass is 10.2. The van der Waals surface area contributed by atoms with E-state index in [-0.39, 0.29) is 0 Å². The van der Waals surface area contributed by atoms with E-state index in [1.165, 1.54) is 0 Å². The van der Waals surface area contributed by atoms with E-state index >= 15 is 0 Å². The van der Waals surface area contributed by atoms with Crippen LogP contribution in [-0.2, 0) is 0 Å². The molecule has 1 heterocycles. The third-order valence-electron chi connectivity index (χ3n) is 1.57. The van der Waals surface area contributed by atoms with Crippen LogP contribution in [0.2, 0.25) is 0 Å². The van der Waals surface area contributed by atoms with Gasteiger partial charge in [0.25, 0.3) is 0 Å². The van der Waals surface area contributed by atoms with Gasteiger partial charge in [-0.15, -0.1) is 0 Å². The summed E-state index contributed by atoms with van der Waals surface area (Å²) in [7, 11) is 0. The predicted octanol–water partition coefficient (Wildman–Crippen LogP) is 1.26. The number of hydrazone groups is 1. The molecule has 0 unspecified atom stereocenters. The monoisotopic (exact) mass is 273 g/mol. The molecular weight excluding hydrogens is 258 g/mol. The minimum absolute atomic E-state index is 0.414. The molecule has 0 atom stereocenters. The Labute approximate surface area is 98.0 Å². The van der Waals surface area contributed by atoms with Gasteiger partial charge in [0, 0.05) is 11.3 Å². The van der Waals surface area contributed by atoms with Gasteiger partial charge in [0.2, 0.25) is 0 Å². The van der Waals surface area contributed by atoms with Crippen LogP contribution in [0.1, 0.15) is 25.1 Å². The molecule has 0 saturated heterocycles. The fourth-order valence-electron chi connectivity index (χ4n) is 0.965. The molecule has 1 aromatic rings. The molecule has 0 bridgehead atoms. The summed E-state index contributed by atoms with van der Waals surface area (Å²) in [5.74, 6) is 10.8. The van der Waals surface area contributed by atoms with Gasteiger partial charge in [-0.1, -0.05) is 13.8 Å². The maximum atomic E-state index is 5.22. The number of hydrogen-bond acceptors (Lipinski definition) is 4. The second-order valence-corrected chi connectivity index (χ2v) is 3.20. The van der Waals surface area contributed by atoms with Crippen LogP contribution >= 0.6 is 15.9 Å². The minimum atomic E-state index is 0.414. The number of nitrogens with one attached hydrogen (secondary N) is 1. The summed E-state index contributed by atoms with van der Waals surface area (Å²) >= 11 is 3.26. The normalized spacial score (nSPS) is 10.3. The molecule has 0 spiro atoms. The molecule has 1 rings (SSSR count). The lowest BCUT2D eigenvalue weighted by Crippen LogP contribution is -2.32. The zero-order valence-electron chi connectivity index (χ0n) is 9.08. The number of pyridine rings is 1. The SMILES string of the molecule is CC.Cc1nc(Br)ccc1/C(=N/N)NN. The van der Waals surface area contributed by atoms with Crippen molar-refractivity contribution in [1.82, 2.24) is 10.4 Å². The molecule has 0 saturated carbocycles. The molecule has 6 heteroatoms. The molecule has 0 radical (unpaired) electrons. The number of nitrogens with two attached hydrogens (primary N) is 2. The van der Waals surface area contributed by atoms with Gasteiger partial charge in [-0.25, -0.2) is 10.8 Å². The molecule has 0 fully saturated rings. The van der Waals surface area contributed by atoms with Crippen molar-refractivity contribution in [3.05, 3.63) is 28.0 Å². The summed E-state index contributed by atoms with van der Waals surface area (Å²) in [6, 6.07) is 3.63. The smallest absolute Gasteiger partial charge is 0.168 e. The highest BCUT2D eigenvalue weighted by Gasteiger charge is 2.06. The number of hydrogen-bond donors (Lipinski definition) is 3. The molecule has 1 aromatic heterocycles. The Morgan fingerprint density at radius 3 is 2.47 bits per heavy atom. The first-order chi connectivity index (χ1) is 7.19. The largest absolute Gasteiger partial charge is 0.321 e. The Kier molecular flexibility index (Phi) is 6.64. The molecule has 0 aliphatic rings. The van der Waals surface area contributed by atoms with E-state index < -0.39 is 0 Å². The number of nitrogens with zero attached hydrogens (tertiary/aromatic N) is 2. The maximum absolute atomic E-state index is 5.22.